The van der Waals surface area contributed by atoms with E-state index in [1.807, 2.05) is 46.1 Å². The molecule has 1 aliphatic rings. The summed E-state index contributed by atoms with van der Waals surface area (Å²) in [5.74, 6) is -0.242. The number of allylic oxidation sites excluding steroid dienone is 1. The number of aliphatic hydroxyl groups is 2. The number of thiazole rings is 1. The molecule has 1 aliphatic heterocycles. The van der Waals surface area contributed by atoms with Crippen molar-refractivity contribution in [2.45, 2.75) is 109 Å². The fraction of sp³-hybridized carbons (Fsp3) is 0.692. The van der Waals surface area contributed by atoms with Crippen LogP contribution in [0.3, 0.4) is 0 Å². The highest BCUT2D eigenvalue weighted by Gasteiger charge is 2.35. The molecule has 0 saturated heterocycles. The Labute approximate surface area is 207 Å². The first kappa shape index (κ1) is 28.1. The van der Waals surface area contributed by atoms with Crippen LogP contribution in [0.15, 0.2) is 22.6 Å². The summed E-state index contributed by atoms with van der Waals surface area (Å²) in [5, 5.41) is 24.6. The maximum absolute atomic E-state index is 12.8. The minimum absolute atomic E-state index is 0.0512. The second kappa shape index (κ2) is 12.5. The van der Waals surface area contributed by atoms with Gasteiger partial charge < -0.3 is 14.9 Å². The standard InChI is InChI=1S/C26H41NO4S2/c1-16-9-8-10-17(2)25(30)19(4)33-26(6,7)23(28)14-24(29)31-22(12-11-16)18(3)13-21-15-32-20(5)27-21/h11,13,15,17,19,22-23,25,28,30H,8-10,12,14H2,1-7H3/b16-11+,18-13+/t17-,19+,22-,23+,25-/m0/s1. The van der Waals surface area contributed by atoms with Crippen LogP contribution < -0.4 is 0 Å². The fourth-order valence-corrected chi connectivity index (χ4v) is 6.26. The zero-order chi connectivity index (χ0) is 24.8. The fourth-order valence-electron chi connectivity index (χ4n) is 4.08. The third-order valence-electron chi connectivity index (χ3n) is 6.42. The molecule has 2 heterocycles. The van der Waals surface area contributed by atoms with Gasteiger partial charge in [-0.1, -0.05) is 25.5 Å². The average Bonchev–Trinajstić information content (AvgIpc) is 3.13. The molecule has 0 fully saturated rings. The smallest absolute Gasteiger partial charge is 0.309 e. The second-order valence-corrected chi connectivity index (χ2v) is 13.0. The summed E-state index contributed by atoms with van der Waals surface area (Å²) in [6.07, 6.45) is 5.79. The Morgan fingerprint density at radius 3 is 2.61 bits per heavy atom. The highest BCUT2D eigenvalue weighted by atomic mass is 32.2. The molecule has 1 aromatic rings. The first-order valence-electron chi connectivity index (χ1n) is 11.9. The minimum atomic E-state index is -0.878. The van der Waals surface area contributed by atoms with E-state index in [4.69, 9.17) is 4.74 Å². The molecule has 1 aromatic heterocycles. The highest BCUT2D eigenvalue weighted by Crippen LogP contribution is 2.37. The van der Waals surface area contributed by atoms with Crippen molar-refractivity contribution in [3.05, 3.63) is 33.3 Å². The largest absolute Gasteiger partial charge is 0.457 e. The third kappa shape index (κ3) is 8.85. The number of carbonyl (C=O) groups excluding carboxylic acids is 1. The summed E-state index contributed by atoms with van der Waals surface area (Å²) in [6, 6.07) is 0. The van der Waals surface area contributed by atoms with Gasteiger partial charge in [0, 0.05) is 21.8 Å². The second-order valence-electron chi connectivity index (χ2n) is 9.95. The van der Waals surface area contributed by atoms with Crippen LogP contribution in [0, 0.1) is 12.8 Å². The SMILES string of the molecule is C/C1=C\C[C@@H](/C(C)=C/c2csc(C)n2)OC(=O)C[C@@H](O)C(C)(C)S[C@H](C)[C@@H](O)[C@@H](C)CCC1. The van der Waals surface area contributed by atoms with Crippen molar-refractivity contribution in [3.8, 4) is 0 Å². The topological polar surface area (TPSA) is 79.7 Å². The normalized spacial score (nSPS) is 32.6. The quantitative estimate of drug-likeness (QED) is 0.391. The number of ether oxygens (including phenoxy) is 1. The molecule has 0 aromatic carbocycles. The number of aromatic nitrogens is 1. The van der Waals surface area contributed by atoms with E-state index < -0.39 is 29.0 Å². The minimum Gasteiger partial charge on any atom is -0.457 e. The molecule has 2 N–H and O–H groups in total. The Bertz CT molecular complexity index is 845. The van der Waals surface area contributed by atoms with Crippen molar-refractivity contribution in [1.82, 2.24) is 4.98 Å². The number of aryl methyl sites for hydroxylation is 1. The van der Waals surface area contributed by atoms with Gasteiger partial charge in [0.15, 0.2) is 0 Å². The molecule has 33 heavy (non-hydrogen) atoms. The van der Waals surface area contributed by atoms with Crippen LogP contribution >= 0.6 is 23.1 Å². The van der Waals surface area contributed by atoms with Crippen LogP contribution in [-0.4, -0.2) is 49.5 Å². The molecule has 0 radical (unpaired) electrons. The number of cyclic esters (lactones) is 1. The van der Waals surface area contributed by atoms with Crippen LogP contribution in [0.25, 0.3) is 6.08 Å². The summed E-state index contributed by atoms with van der Waals surface area (Å²) in [7, 11) is 0. The Morgan fingerprint density at radius 1 is 1.27 bits per heavy atom. The van der Waals surface area contributed by atoms with Gasteiger partial charge in [0.2, 0.25) is 0 Å². The number of aliphatic hydroxyl groups excluding tert-OH is 2. The van der Waals surface area contributed by atoms with E-state index in [1.165, 1.54) is 17.3 Å². The molecule has 2 rings (SSSR count). The van der Waals surface area contributed by atoms with Crippen molar-refractivity contribution in [2.75, 3.05) is 0 Å². The van der Waals surface area contributed by atoms with Crippen LogP contribution in [-0.2, 0) is 9.53 Å². The Morgan fingerprint density at radius 2 is 1.97 bits per heavy atom. The van der Waals surface area contributed by atoms with E-state index in [-0.39, 0.29) is 17.6 Å². The number of carbonyl (C=O) groups is 1. The molecule has 0 spiro atoms. The van der Waals surface area contributed by atoms with Gasteiger partial charge >= 0.3 is 5.97 Å². The molecule has 5 atom stereocenters. The lowest BCUT2D eigenvalue weighted by molar-refractivity contribution is -0.149. The molecule has 186 valence electrons. The number of hydrogen-bond donors (Lipinski definition) is 2. The zero-order valence-electron chi connectivity index (χ0n) is 21.1. The average molecular weight is 496 g/mol. The number of hydrogen-bond acceptors (Lipinski definition) is 7. The summed E-state index contributed by atoms with van der Waals surface area (Å²) in [6.45, 7) is 14.0. The summed E-state index contributed by atoms with van der Waals surface area (Å²) >= 11 is 3.13. The van der Waals surface area contributed by atoms with E-state index in [1.54, 1.807) is 11.3 Å². The molecular weight excluding hydrogens is 454 g/mol. The molecule has 0 saturated carbocycles. The Kier molecular flexibility index (Phi) is 10.7. The first-order chi connectivity index (χ1) is 15.4. The lowest BCUT2D eigenvalue weighted by Gasteiger charge is -2.35. The molecule has 5 nitrogen and oxygen atoms in total. The number of thioether (sulfide) groups is 1. The van der Waals surface area contributed by atoms with Gasteiger partial charge in [0.05, 0.1) is 29.3 Å². The van der Waals surface area contributed by atoms with E-state index in [0.29, 0.717) is 6.42 Å². The maximum atomic E-state index is 12.8. The number of rotatable bonds is 2. The van der Waals surface area contributed by atoms with Crippen molar-refractivity contribution in [2.24, 2.45) is 5.92 Å². The van der Waals surface area contributed by atoms with Crippen LogP contribution in [0.1, 0.15) is 84.3 Å². The number of esters is 1. The van der Waals surface area contributed by atoms with E-state index in [0.717, 1.165) is 35.5 Å². The third-order valence-corrected chi connectivity index (χ3v) is 8.74. The predicted molar refractivity (Wildman–Crippen MR) is 140 cm³/mol. The lowest BCUT2D eigenvalue weighted by atomic mass is 9.94. The molecule has 0 unspecified atom stereocenters. The van der Waals surface area contributed by atoms with E-state index in [9.17, 15) is 15.0 Å². The molecule has 7 heteroatoms. The first-order valence-corrected chi connectivity index (χ1v) is 13.6. The highest BCUT2D eigenvalue weighted by molar-refractivity contribution is 8.01. The van der Waals surface area contributed by atoms with Crippen LogP contribution in [0.5, 0.6) is 0 Å². The summed E-state index contributed by atoms with van der Waals surface area (Å²) in [5.41, 5.74) is 3.07. The molecule has 0 amide bonds. The monoisotopic (exact) mass is 495 g/mol. The summed E-state index contributed by atoms with van der Waals surface area (Å²) in [4.78, 5) is 17.3. The number of nitrogens with zero attached hydrogens (tertiary/aromatic N) is 1. The van der Waals surface area contributed by atoms with Crippen molar-refractivity contribution < 1.29 is 19.7 Å². The van der Waals surface area contributed by atoms with Crippen molar-refractivity contribution in [1.29, 1.82) is 0 Å². The predicted octanol–water partition coefficient (Wildman–Crippen LogP) is 5.94. The van der Waals surface area contributed by atoms with Crippen LogP contribution in [0.4, 0.5) is 0 Å². The van der Waals surface area contributed by atoms with Gasteiger partial charge in [-0.2, -0.15) is 0 Å². The summed E-state index contributed by atoms with van der Waals surface area (Å²) < 4.78 is 5.28. The molecular formula is C26H41NO4S2. The van der Waals surface area contributed by atoms with Crippen molar-refractivity contribution in [3.63, 3.8) is 0 Å². The lowest BCUT2D eigenvalue weighted by Crippen LogP contribution is -2.40. The van der Waals surface area contributed by atoms with Crippen molar-refractivity contribution >= 4 is 35.1 Å². The van der Waals surface area contributed by atoms with Gasteiger partial charge in [-0.3, -0.25) is 4.79 Å². The van der Waals surface area contributed by atoms with Crippen LogP contribution in [0.2, 0.25) is 0 Å². The zero-order valence-corrected chi connectivity index (χ0v) is 22.8. The van der Waals surface area contributed by atoms with Gasteiger partial charge in [-0.15, -0.1) is 23.1 Å². The maximum Gasteiger partial charge on any atom is 0.309 e. The van der Waals surface area contributed by atoms with Gasteiger partial charge in [-0.05, 0) is 71.4 Å². The van der Waals surface area contributed by atoms with Gasteiger partial charge in [0.25, 0.3) is 0 Å². The van der Waals surface area contributed by atoms with E-state index >= 15 is 0 Å². The Balaban J connectivity index is 2.27. The van der Waals surface area contributed by atoms with Gasteiger partial charge in [-0.25, -0.2) is 4.98 Å². The molecule has 0 aliphatic carbocycles. The Hall–Kier alpha value is -1.15. The molecule has 0 bridgehead atoms. The van der Waals surface area contributed by atoms with E-state index in [2.05, 4.69) is 24.9 Å². The van der Waals surface area contributed by atoms with Gasteiger partial charge in [0.1, 0.15) is 6.10 Å².